The van der Waals surface area contributed by atoms with Crippen LogP contribution in [0.2, 0.25) is 0 Å². The van der Waals surface area contributed by atoms with E-state index in [4.69, 9.17) is 14.3 Å². The van der Waals surface area contributed by atoms with Crippen LogP contribution in [0.1, 0.15) is 44.5 Å². The molecule has 0 aliphatic heterocycles. The number of nitrogens with zero attached hydrogens (tertiary/aromatic N) is 1. The van der Waals surface area contributed by atoms with Gasteiger partial charge in [-0.25, -0.2) is 0 Å². The molecule has 0 saturated carbocycles. The monoisotopic (exact) mass is 275 g/mol. The summed E-state index contributed by atoms with van der Waals surface area (Å²) in [7, 11) is 0. The zero-order chi connectivity index (χ0) is 14.8. The summed E-state index contributed by atoms with van der Waals surface area (Å²) in [5, 5.41) is 8.99. The van der Waals surface area contributed by atoms with Crippen LogP contribution in [-0.4, -0.2) is 10.1 Å². The predicted molar refractivity (Wildman–Crippen MR) is 77.0 cm³/mol. The quantitative estimate of drug-likeness (QED) is 0.921. The van der Waals surface area contributed by atoms with Crippen molar-refractivity contribution in [1.29, 1.82) is 0 Å². The molecule has 0 atom stereocenters. The number of hydrogen-bond acceptors (Lipinski definition) is 4. The van der Waals surface area contributed by atoms with E-state index in [1.807, 2.05) is 12.1 Å². The Bertz CT molecular complexity index is 582. The molecule has 1 aromatic carbocycles. The number of hydrogen-bond donors (Lipinski definition) is 1. The van der Waals surface area contributed by atoms with Gasteiger partial charge in [-0.1, -0.05) is 39.8 Å². The van der Waals surface area contributed by atoms with Crippen molar-refractivity contribution in [3.8, 4) is 11.8 Å². The fraction of sp³-hybridized carbons (Fsp3) is 0.438. The third kappa shape index (κ3) is 3.20. The van der Waals surface area contributed by atoms with Crippen LogP contribution in [0, 0.1) is 0 Å². The maximum absolute atomic E-state index is 8.99. The van der Waals surface area contributed by atoms with E-state index in [0.717, 1.165) is 17.7 Å². The summed E-state index contributed by atoms with van der Waals surface area (Å²) in [4.78, 5) is 4.05. The van der Waals surface area contributed by atoms with Gasteiger partial charge in [-0.05, 0) is 23.5 Å². The van der Waals surface area contributed by atoms with E-state index in [9.17, 15) is 0 Å². The minimum atomic E-state index is -0.159. The molecule has 4 heteroatoms. The number of ether oxygens (including phenoxy) is 1. The van der Waals surface area contributed by atoms with Crippen molar-refractivity contribution in [2.75, 3.05) is 0 Å². The molecule has 2 aromatic rings. The molecule has 1 N–H and O–H groups in total. The standard InChI is InChI=1S/C16H21NO3/c1-5-11-6-7-14(13(8-11)16(2,3)4)20-15-17-12(9-18)10-19-15/h6-8,10,18H,5,9H2,1-4H3. The number of rotatable bonds is 4. The number of aryl methyl sites for hydroxylation is 1. The largest absolute Gasteiger partial charge is 0.417 e. The average Bonchev–Trinajstić information content (AvgIpc) is 2.85. The molecule has 0 unspecified atom stereocenters. The highest BCUT2D eigenvalue weighted by molar-refractivity contribution is 5.42. The Morgan fingerprint density at radius 3 is 2.60 bits per heavy atom. The third-order valence-electron chi connectivity index (χ3n) is 3.15. The van der Waals surface area contributed by atoms with E-state index in [2.05, 4.69) is 38.7 Å². The van der Waals surface area contributed by atoms with Crippen molar-refractivity contribution >= 4 is 0 Å². The molecule has 108 valence electrons. The number of oxazole rings is 1. The van der Waals surface area contributed by atoms with Gasteiger partial charge in [0.25, 0.3) is 0 Å². The second-order valence-corrected chi connectivity index (χ2v) is 5.80. The van der Waals surface area contributed by atoms with E-state index < -0.39 is 0 Å². The minimum absolute atomic E-state index is 0.0348. The van der Waals surface area contributed by atoms with E-state index >= 15 is 0 Å². The zero-order valence-electron chi connectivity index (χ0n) is 12.4. The molecule has 1 heterocycles. The van der Waals surface area contributed by atoms with Gasteiger partial charge >= 0.3 is 6.08 Å². The van der Waals surface area contributed by atoms with Gasteiger partial charge in [-0.3, -0.25) is 0 Å². The van der Waals surface area contributed by atoms with Crippen molar-refractivity contribution in [2.45, 2.75) is 46.1 Å². The van der Waals surface area contributed by atoms with Gasteiger partial charge in [0, 0.05) is 5.56 Å². The van der Waals surface area contributed by atoms with Crippen LogP contribution in [-0.2, 0) is 18.4 Å². The van der Waals surface area contributed by atoms with Crippen molar-refractivity contribution in [3.63, 3.8) is 0 Å². The fourth-order valence-corrected chi connectivity index (χ4v) is 1.97. The van der Waals surface area contributed by atoms with E-state index in [0.29, 0.717) is 5.69 Å². The lowest BCUT2D eigenvalue weighted by Crippen LogP contribution is -2.13. The Morgan fingerprint density at radius 2 is 2.05 bits per heavy atom. The van der Waals surface area contributed by atoms with Crippen LogP contribution in [0.4, 0.5) is 0 Å². The molecule has 0 aliphatic carbocycles. The number of aliphatic hydroxyl groups is 1. The molecule has 0 radical (unpaired) electrons. The van der Waals surface area contributed by atoms with Gasteiger partial charge in [0.05, 0.1) is 6.61 Å². The highest BCUT2D eigenvalue weighted by Crippen LogP contribution is 2.34. The summed E-state index contributed by atoms with van der Waals surface area (Å²) in [6.45, 7) is 8.40. The summed E-state index contributed by atoms with van der Waals surface area (Å²) in [6, 6.07) is 6.15. The van der Waals surface area contributed by atoms with Crippen LogP contribution in [0.3, 0.4) is 0 Å². The van der Waals surface area contributed by atoms with Crippen LogP contribution in [0.5, 0.6) is 11.8 Å². The van der Waals surface area contributed by atoms with Crippen molar-refractivity contribution in [1.82, 2.24) is 4.98 Å². The van der Waals surface area contributed by atoms with Gasteiger partial charge in [-0.15, -0.1) is 0 Å². The molecule has 0 saturated heterocycles. The second kappa shape index (κ2) is 5.67. The first-order valence-electron chi connectivity index (χ1n) is 6.80. The van der Waals surface area contributed by atoms with Crippen molar-refractivity contribution in [3.05, 3.63) is 41.3 Å². The Morgan fingerprint density at radius 1 is 1.30 bits per heavy atom. The molecule has 0 spiro atoms. The van der Waals surface area contributed by atoms with Crippen LogP contribution in [0.25, 0.3) is 0 Å². The number of aliphatic hydroxyl groups excluding tert-OH is 1. The topological polar surface area (TPSA) is 55.5 Å². The number of aromatic nitrogens is 1. The Hall–Kier alpha value is -1.81. The maximum Gasteiger partial charge on any atom is 0.399 e. The summed E-state index contributed by atoms with van der Waals surface area (Å²) >= 11 is 0. The molecule has 0 aliphatic rings. The Balaban J connectivity index is 2.35. The summed E-state index contributed by atoms with van der Waals surface area (Å²) in [6.07, 6.45) is 2.53. The molecular formula is C16H21NO3. The Labute approximate surface area is 119 Å². The SMILES string of the molecule is CCc1ccc(Oc2nc(CO)co2)c(C(C)(C)C)c1. The molecule has 0 fully saturated rings. The lowest BCUT2D eigenvalue weighted by Gasteiger charge is -2.22. The lowest BCUT2D eigenvalue weighted by atomic mass is 9.85. The zero-order valence-corrected chi connectivity index (χ0v) is 12.4. The normalized spacial score (nSPS) is 11.7. The lowest BCUT2D eigenvalue weighted by molar-refractivity contribution is 0.276. The summed E-state index contributed by atoms with van der Waals surface area (Å²) in [5.74, 6) is 0.737. The maximum atomic E-state index is 8.99. The van der Waals surface area contributed by atoms with Crippen LogP contribution < -0.4 is 4.74 Å². The highest BCUT2D eigenvalue weighted by atomic mass is 16.6. The van der Waals surface area contributed by atoms with Crippen molar-refractivity contribution in [2.24, 2.45) is 0 Å². The van der Waals surface area contributed by atoms with Gasteiger partial charge in [-0.2, -0.15) is 4.98 Å². The van der Waals surface area contributed by atoms with Gasteiger partial charge in [0.1, 0.15) is 17.7 Å². The van der Waals surface area contributed by atoms with Crippen molar-refractivity contribution < 1.29 is 14.3 Å². The third-order valence-corrected chi connectivity index (χ3v) is 3.15. The fourth-order valence-electron chi connectivity index (χ4n) is 1.97. The van der Waals surface area contributed by atoms with Gasteiger partial charge in [0.15, 0.2) is 0 Å². The Kier molecular flexibility index (Phi) is 4.14. The first-order chi connectivity index (χ1) is 9.44. The molecule has 2 rings (SSSR count). The second-order valence-electron chi connectivity index (χ2n) is 5.80. The van der Waals surface area contributed by atoms with Gasteiger partial charge in [0.2, 0.25) is 0 Å². The average molecular weight is 275 g/mol. The molecular weight excluding hydrogens is 254 g/mol. The molecule has 1 aromatic heterocycles. The van der Waals surface area contributed by atoms with E-state index in [1.54, 1.807) is 0 Å². The van der Waals surface area contributed by atoms with Gasteiger partial charge < -0.3 is 14.3 Å². The molecule has 0 bridgehead atoms. The highest BCUT2D eigenvalue weighted by Gasteiger charge is 2.21. The first kappa shape index (κ1) is 14.6. The van der Waals surface area contributed by atoms with Crippen LogP contribution >= 0.6 is 0 Å². The smallest absolute Gasteiger partial charge is 0.399 e. The molecule has 0 amide bonds. The number of benzene rings is 1. The summed E-state index contributed by atoms with van der Waals surface area (Å²) < 4.78 is 10.9. The van der Waals surface area contributed by atoms with E-state index in [-0.39, 0.29) is 18.1 Å². The molecule has 20 heavy (non-hydrogen) atoms. The summed E-state index contributed by atoms with van der Waals surface area (Å²) in [5.41, 5.74) is 2.81. The van der Waals surface area contributed by atoms with Crippen LogP contribution in [0.15, 0.2) is 28.9 Å². The first-order valence-corrected chi connectivity index (χ1v) is 6.80. The minimum Gasteiger partial charge on any atom is -0.417 e. The molecule has 4 nitrogen and oxygen atoms in total. The predicted octanol–water partition coefficient (Wildman–Crippen LogP) is 3.82. The van der Waals surface area contributed by atoms with E-state index in [1.165, 1.54) is 11.8 Å².